The Hall–Kier alpha value is -1.32. The maximum absolute atomic E-state index is 11.3. The molecule has 24 heavy (non-hydrogen) atoms. The first-order chi connectivity index (χ1) is 11.6. The minimum atomic E-state index is -1.15. The van der Waals surface area contributed by atoms with Crippen molar-refractivity contribution in [3.05, 3.63) is 12.2 Å². The molecule has 0 fully saturated rings. The molecule has 0 aromatic carbocycles. The second kappa shape index (κ2) is 16.5. The third-order valence-corrected chi connectivity index (χ3v) is 4.17. The van der Waals surface area contributed by atoms with E-state index in [0.29, 0.717) is 6.61 Å². The van der Waals surface area contributed by atoms with E-state index in [1.54, 1.807) is 0 Å². The Morgan fingerprint density at radius 1 is 0.792 bits per heavy atom. The third-order valence-electron chi connectivity index (χ3n) is 4.17. The summed E-state index contributed by atoms with van der Waals surface area (Å²) >= 11 is 0. The standard InChI is InChI=1S/C20H36O4/c1-3-4-5-6-7-8-9-10-11-12-13-14-15-16-24-19(21)17-18(2)20(22)23/h2-17H2,1H3,(H,22,23). The highest BCUT2D eigenvalue weighted by atomic mass is 16.5. The lowest BCUT2D eigenvalue weighted by Gasteiger charge is -2.05. The summed E-state index contributed by atoms with van der Waals surface area (Å²) in [5.74, 6) is -1.64. The molecule has 0 rings (SSSR count). The van der Waals surface area contributed by atoms with Crippen molar-refractivity contribution < 1.29 is 19.4 Å². The Bertz CT molecular complexity index is 350. The van der Waals surface area contributed by atoms with Gasteiger partial charge in [-0.2, -0.15) is 0 Å². The third kappa shape index (κ3) is 15.6. The fourth-order valence-corrected chi connectivity index (χ4v) is 2.61. The Morgan fingerprint density at radius 3 is 1.62 bits per heavy atom. The normalized spacial score (nSPS) is 10.5. The molecule has 4 heteroatoms. The molecule has 140 valence electrons. The number of ether oxygens (including phenoxy) is 1. The molecule has 0 aliphatic carbocycles. The maximum Gasteiger partial charge on any atom is 0.331 e. The highest BCUT2D eigenvalue weighted by Crippen LogP contribution is 2.12. The topological polar surface area (TPSA) is 63.6 Å². The van der Waals surface area contributed by atoms with Crippen LogP contribution in [0.5, 0.6) is 0 Å². The molecule has 0 bridgehead atoms. The molecule has 0 heterocycles. The van der Waals surface area contributed by atoms with Gasteiger partial charge in [-0.15, -0.1) is 0 Å². The Morgan fingerprint density at radius 2 is 1.21 bits per heavy atom. The Labute approximate surface area is 147 Å². The Kier molecular flexibility index (Phi) is 15.6. The Balaban J connectivity index is 3.21. The van der Waals surface area contributed by atoms with Gasteiger partial charge in [-0.05, 0) is 6.42 Å². The summed E-state index contributed by atoms with van der Waals surface area (Å²) in [4.78, 5) is 21.9. The fourth-order valence-electron chi connectivity index (χ4n) is 2.61. The second-order valence-corrected chi connectivity index (χ2v) is 6.55. The van der Waals surface area contributed by atoms with Crippen molar-refractivity contribution in [1.29, 1.82) is 0 Å². The average molecular weight is 341 g/mol. The van der Waals surface area contributed by atoms with Crippen LogP contribution in [-0.4, -0.2) is 23.7 Å². The maximum atomic E-state index is 11.3. The van der Waals surface area contributed by atoms with Gasteiger partial charge in [-0.25, -0.2) is 4.79 Å². The van der Waals surface area contributed by atoms with Crippen molar-refractivity contribution in [3.8, 4) is 0 Å². The molecule has 1 N–H and O–H groups in total. The number of unbranched alkanes of at least 4 members (excludes halogenated alkanes) is 12. The number of carbonyl (C=O) groups excluding carboxylic acids is 1. The van der Waals surface area contributed by atoms with Gasteiger partial charge in [-0.1, -0.05) is 90.6 Å². The van der Waals surface area contributed by atoms with Gasteiger partial charge in [-0.3, -0.25) is 4.79 Å². The van der Waals surface area contributed by atoms with Crippen LogP contribution in [0.1, 0.15) is 96.8 Å². The number of rotatable bonds is 17. The van der Waals surface area contributed by atoms with Crippen LogP contribution in [0.25, 0.3) is 0 Å². The number of hydrogen-bond donors (Lipinski definition) is 1. The number of esters is 1. The van der Waals surface area contributed by atoms with Gasteiger partial charge in [0.2, 0.25) is 0 Å². The summed E-state index contributed by atoms with van der Waals surface area (Å²) < 4.78 is 5.00. The van der Waals surface area contributed by atoms with E-state index in [1.165, 1.54) is 70.6 Å². The number of carboxylic acids is 1. The summed E-state index contributed by atoms with van der Waals surface area (Å²) in [5.41, 5.74) is -0.120. The van der Waals surface area contributed by atoms with Crippen LogP contribution in [0.3, 0.4) is 0 Å². The first kappa shape index (κ1) is 22.7. The summed E-state index contributed by atoms with van der Waals surface area (Å²) in [6, 6.07) is 0. The van der Waals surface area contributed by atoms with E-state index >= 15 is 0 Å². The minimum Gasteiger partial charge on any atom is -0.478 e. The molecule has 0 aromatic rings. The molecule has 0 aliphatic heterocycles. The monoisotopic (exact) mass is 340 g/mol. The van der Waals surface area contributed by atoms with Gasteiger partial charge >= 0.3 is 11.9 Å². The minimum absolute atomic E-state index is 0.120. The van der Waals surface area contributed by atoms with Crippen LogP contribution in [0.15, 0.2) is 12.2 Å². The van der Waals surface area contributed by atoms with Gasteiger partial charge in [0.05, 0.1) is 13.0 Å². The average Bonchev–Trinajstić information content (AvgIpc) is 2.55. The SMILES string of the molecule is C=C(CC(=O)OCCCCCCCCCCCCCCC)C(=O)O. The quantitative estimate of drug-likeness (QED) is 0.211. The number of aliphatic carboxylic acids is 1. The lowest BCUT2D eigenvalue weighted by atomic mass is 10.0. The zero-order valence-electron chi connectivity index (χ0n) is 15.5. The van der Waals surface area contributed by atoms with Gasteiger partial charge in [0.25, 0.3) is 0 Å². The fraction of sp³-hybridized carbons (Fsp3) is 0.800. The van der Waals surface area contributed by atoms with Crippen molar-refractivity contribution in [2.24, 2.45) is 0 Å². The molecule has 4 nitrogen and oxygen atoms in total. The highest BCUT2D eigenvalue weighted by molar-refractivity contribution is 5.91. The van der Waals surface area contributed by atoms with E-state index in [4.69, 9.17) is 9.84 Å². The zero-order chi connectivity index (χ0) is 18.0. The van der Waals surface area contributed by atoms with Crippen molar-refractivity contribution in [2.75, 3.05) is 6.61 Å². The lowest BCUT2D eigenvalue weighted by Crippen LogP contribution is -2.10. The van der Waals surface area contributed by atoms with Crippen LogP contribution >= 0.6 is 0 Å². The number of carbonyl (C=O) groups is 2. The van der Waals surface area contributed by atoms with Crippen molar-refractivity contribution in [1.82, 2.24) is 0 Å². The molecule has 0 aromatic heterocycles. The summed E-state index contributed by atoms with van der Waals surface area (Å²) in [6.45, 7) is 5.94. The second-order valence-electron chi connectivity index (χ2n) is 6.55. The molecule has 0 aliphatic rings. The summed E-state index contributed by atoms with van der Waals surface area (Å²) in [6.07, 6.45) is 16.3. The van der Waals surface area contributed by atoms with E-state index in [9.17, 15) is 9.59 Å². The predicted octanol–water partition coefficient (Wildman–Crippen LogP) is 5.65. The molecule has 0 amide bonds. The van der Waals surface area contributed by atoms with Crippen molar-refractivity contribution >= 4 is 11.9 Å². The van der Waals surface area contributed by atoms with Gasteiger partial charge < -0.3 is 9.84 Å². The molecule has 0 radical (unpaired) electrons. The van der Waals surface area contributed by atoms with Crippen molar-refractivity contribution in [2.45, 2.75) is 96.8 Å². The van der Waals surface area contributed by atoms with Gasteiger partial charge in [0.1, 0.15) is 0 Å². The van der Waals surface area contributed by atoms with E-state index in [0.717, 1.165) is 12.8 Å². The predicted molar refractivity (Wildman–Crippen MR) is 98.0 cm³/mol. The van der Waals surface area contributed by atoms with Crippen LogP contribution in [0, 0.1) is 0 Å². The first-order valence-corrected chi connectivity index (χ1v) is 9.64. The first-order valence-electron chi connectivity index (χ1n) is 9.64. The summed E-state index contributed by atoms with van der Waals surface area (Å²) in [5, 5.41) is 8.62. The molecular formula is C20H36O4. The van der Waals surface area contributed by atoms with E-state index in [-0.39, 0.29) is 12.0 Å². The van der Waals surface area contributed by atoms with Crippen LogP contribution in [-0.2, 0) is 14.3 Å². The smallest absolute Gasteiger partial charge is 0.331 e. The van der Waals surface area contributed by atoms with Crippen LogP contribution < -0.4 is 0 Å². The number of carboxylic acid groups (broad SMARTS) is 1. The molecule has 0 saturated carbocycles. The summed E-state index contributed by atoms with van der Waals surface area (Å²) in [7, 11) is 0. The molecule has 0 unspecified atom stereocenters. The van der Waals surface area contributed by atoms with Crippen LogP contribution in [0.2, 0.25) is 0 Å². The van der Waals surface area contributed by atoms with Gasteiger partial charge in [0.15, 0.2) is 0 Å². The number of hydrogen-bond acceptors (Lipinski definition) is 3. The van der Waals surface area contributed by atoms with E-state index < -0.39 is 11.9 Å². The molecule has 0 atom stereocenters. The van der Waals surface area contributed by atoms with E-state index in [2.05, 4.69) is 13.5 Å². The molecular weight excluding hydrogens is 304 g/mol. The zero-order valence-corrected chi connectivity index (χ0v) is 15.5. The van der Waals surface area contributed by atoms with Crippen molar-refractivity contribution in [3.63, 3.8) is 0 Å². The van der Waals surface area contributed by atoms with Crippen LogP contribution in [0.4, 0.5) is 0 Å². The molecule has 0 saturated heterocycles. The highest BCUT2D eigenvalue weighted by Gasteiger charge is 2.10. The lowest BCUT2D eigenvalue weighted by molar-refractivity contribution is -0.144. The van der Waals surface area contributed by atoms with Gasteiger partial charge in [0, 0.05) is 5.57 Å². The van der Waals surface area contributed by atoms with E-state index in [1.807, 2.05) is 0 Å². The molecule has 0 spiro atoms. The largest absolute Gasteiger partial charge is 0.478 e.